The molecule has 0 spiro atoms. The maximum absolute atomic E-state index is 12.1. The maximum atomic E-state index is 12.1. The molecular formula is C16H25N3O. The lowest BCUT2D eigenvalue weighted by Gasteiger charge is -2.31. The van der Waals surface area contributed by atoms with Crippen molar-refractivity contribution in [2.24, 2.45) is 11.7 Å². The van der Waals surface area contributed by atoms with E-state index in [1.165, 1.54) is 0 Å². The highest BCUT2D eigenvalue weighted by Gasteiger charge is 2.20. The van der Waals surface area contributed by atoms with Crippen molar-refractivity contribution in [3.8, 4) is 0 Å². The van der Waals surface area contributed by atoms with Crippen LogP contribution in [0.1, 0.15) is 31.4 Å². The molecule has 1 atom stereocenters. The summed E-state index contributed by atoms with van der Waals surface area (Å²) in [6.45, 7) is 6.35. The van der Waals surface area contributed by atoms with Crippen LogP contribution in [-0.4, -0.2) is 37.0 Å². The fourth-order valence-corrected chi connectivity index (χ4v) is 2.67. The van der Waals surface area contributed by atoms with Gasteiger partial charge in [0.1, 0.15) is 6.04 Å². The molecule has 4 heteroatoms. The van der Waals surface area contributed by atoms with Crippen LogP contribution in [0.4, 0.5) is 0 Å². The molecule has 4 nitrogen and oxygen atoms in total. The molecule has 110 valence electrons. The molecule has 3 N–H and O–H groups in total. The largest absolute Gasteiger partial charge is 0.354 e. The van der Waals surface area contributed by atoms with Crippen molar-refractivity contribution >= 4 is 5.91 Å². The maximum Gasteiger partial charge on any atom is 0.241 e. The van der Waals surface area contributed by atoms with Crippen molar-refractivity contribution < 1.29 is 4.79 Å². The Labute approximate surface area is 121 Å². The van der Waals surface area contributed by atoms with Crippen LogP contribution < -0.4 is 11.1 Å². The summed E-state index contributed by atoms with van der Waals surface area (Å²) in [5.74, 6) is 0.513. The number of carbonyl (C=O) groups excluding carboxylic acids is 1. The van der Waals surface area contributed by atoms with E-state index in [1.807, 2.05) is 30.3 Å². The number of benzene rings is 1. The van der Waals surface area contributed by atoms with Crippen molar-refractivity contribution in [2.45, 2.75) is 25.8 Å². The standard InChI is InChI=1S/C16H25N3O/c1-2-19-10-8-13(9-11-19)12-18-16(20)15(17)14-6-4-3-5-7-14/h3-7,13,15H,2,8-12,17H2,1H3,(H,18,20). The summed E-state index contributed by atoms with van der Waals surface area (Å²) in [6.07, 6.45) is 2.32. The Kier molecular flexibility index (Phi) is 5.56. The smallest absolute Gasteiger partial charge is 0.241 e. The van der Waals surface area contributed by atoms with Crippen molar-refractivity contribution in [3.63, 3.8) is 0 Å². The van der Waals surface area contributed by atoms with Gasteiger partial charge in [-0.1, -0.05) is 37.3 Å². The second-order valence-corrected chi connectivity index (χ2v) is 5.51. The average molecular weight is 275 g/mol. The minimum absolute atomic E-state index is 0.0749. The molecule has 0 radical (unpaired) electrons. The molecule has 1 unspecified atom stereocenters. The molecule has 20 heavy (non-hydrogen) atoms. The van der Waals surface area contributed by atoms with Gasteiger partial charge in [0, 0.05) is 6.54 Å². The summed E-state index contributed by atoms with van der Waals surface area (Å²) in [6, 6.07) is 8.96. The van der Waals surface area contributed by atoms with Crippen LogP contribution in [0.5, 0.6) is 0 Å². The minimum Gasteiger partial charge on any atom is -0.354 e. The second-order valence-electron chi connectivity index (χ2n) is 5.51. The summed E-state index contributed by atoms with van der Waals surface area (Å²) in [5.41, 5.74) is 6.84. The van der Waals surface area contributed by atoms with Crippen molar-refractivity contribution in [3.05, 3.63) is 35.9 Å². The number of nitrogens with zero attached hydrogens (tertiary/aromatic N) is 1. The van der Waals surface area contributed by atoms with Crippen molar-refractivity contribution in [1.29, 1.82) is 0 Å². The third-order valence-corrected chi connectivity index (χ3v) is 4.16. The van der Waals surface area contributed by atoms with Crippen molar-refractivity contribution in [1.82, 2.24) is 10.2 Å². The SMILES string of the molecule is CCN1CCC(CNC(=O)C(N)c2ccccc2)CC1. The highest BCUT2D eigenvalue weighted by molar-refractivity contribution is 5.82. The van der Waals surface area contributed by atoms with Crippen LogP contribution in [0.15, 0.2) is 30.3 Å². The number of rotatable bonds is 5. The Bertz CT molecular complexity index is 413. The third-order valence-electron chi connectivity index (χ3n) is 4.16. The van der Waals surface area contributed by atoms with E-state index in [0.717, 1.165) is 44.6 Å². The first kappa shape index (κ1) is 15.0. The van der Waals surface area contributed by atoms with Gasteiger partial charge >= 0.3 is 0 Å². The zero-order chi connectivity index (χ0) is 14.4. The Hall–Kier alpha value is -1.39. The Morgan fingerprint density at radius 1 is 1.35 bits per heavy atom. The molecule has 1 amide bonds. The fourth-order valence-electron chi connectivity index (χ4n) is 2.67. The van der Waals surface area contributed by atoms with Gasteiger partial charge < -0.3 is 16.0 Å². The van der Waals surface area contributed by atoms with E-state index in [9.17, 15) is 4.79 Å². The van der Waals surface area contributed by atoms with Crippen LogP contribution >= 0.6 is 0 Å². The summed E-state index contributed by atoms with van der Waals surface area (Å²) >= 11 is 0. The number of nitrogens with one attached hydrogen (secondary N) is 1. The zero-order valence-corrected chi connectivity index (χ0v) is 12.2. The van der Waals surface area contributed by atoms with Gasteiger partial charge in [-0.15, -0.1) is 0 Å². The highest BCUT2D eigenvalue weighted by Crippen LogP contribution is 2.16. The van der Waals surface area contributed by atoms with Crippen molar-refractivity contribution in [2.75, 3.05) is 26.2 Å². The molecular weight excluding hydrogens is 250 g/mol. The monoisotopic (exact) mass is 275 g/mol. The summed E-state index contributed by atoms with van der Waals surface area (Å²) in [4.78, 5) is 14.5. The third kappa shape index (κ3) is 4.05. The lowest BCUT2D eigenvalue weighted by Crippen LogP contribution is -2.41. The molecule has 0 saturated carbocycles. The van der Waals surface area contributed by atoms with Crippen LogP contribution in [0, 0.1) is 5.92 Å². The first-order chi connectivity index (χ1) is 9.70. The van der Waals surface area contributed by atoms with Crippen LogP contribution in [-0.2, 0) is 4.79 Å². The number of hydrogen-bond donors (Lipinski definition) is 2. The molecule has 1 heterocycles. The number of hydrogen-bond acceptors (Lipinski definition) is 3. The lowest BCUT2D eigenvalue weighted by atomic mass is 9.96. The summed E-state index contributed by atoms with van der Waals surface area (Å²) in [7, 11) is 0. The van der Waals surface area contributed by atoms with E-state index in [2.05, 4.69) is 17.1 Å². The van der Waals surface area contributed by atoms with Crippen LogP contribution in [0.3, 0.4) is 0 Å². The second kappa shape index (κ2) is 7.41. The van der Waals surface area contributed by atoms with Gasteiger partial charge in [0.15, 0.2) is 0 Å². The topological polar surface area (TPSA) is 58.4 Å². The highest BCUT2D eigenvalue weighted by atomic mass is 16.2. The molecule has 1 saturated heterocycles. The fraction of sp³-hybridized carbons (Fsp3) is 0.562. The number of nitrogens with two attached hydrogens (primary N) is 1. The van der Waals surface area contributed by atoms with Gasteiger partial charge in [0.05, 0.1) is 0 Å². The molecule has 1 aliphatic heterocycles. The summed E-state index contributed by atoms with van der Waals surface area (Å²) < 4.78 is 0. The van der Waals surface area contributed by atoms with Gasteiger partial charge in [-0.3, -0.25) is 4.79 Å². The van der Waals surface area contributed by atoms with E-state index in [1.54, 1.807) is 0 Å². The molecule has 2 rings (SSSR count). The number of likely N-dealkylation sites (tertiary alicyclic amines) is 1. The number of carbonyl (C=O) groups is 1. The van der Waals surface area contributed by atoms with E-state index in [4.69, 9.17) is 5.73 Å². The van der Waals surface area contributed by atoms with E-state index in [-0.39, 0.29) is 5.91 Å². The molecule has 1 aromatic carbocycles. The Morgan fingerprint density at radius 3 is 2.60 bits per heavy atom. The normalized spacial score (nSPS) is 18.7. The first-order valence-electron chi connectivity index (χ1n) is 7.51. The predicted octanol–water partition coefficient (Wildman–Crippen LogP) is 1.53. The molecule has 1 fully saturated rings. The minimum atomic E-state index is -0.563. The van der Waals surface area contributed by atoms with Crippen LogP contribution in [0.2, 0.25) is 0 Å². The predicted molar refractivity (Wildman–Crippen MR) is 81.2 cm³/mol. The number of piperidine rings is 1. The summed E-state index contributed by atoms with van der Waals surface area (Å²) in [5, 5.41) is 3.00. The zero-order valence-electron chi connectivity index (χ0n) is 12.2. The molecule has 1 aromatic rings. The van der Waals surface area contributed by atoms with Gasteiger partial charge in [-0.2, -0.15) is 0 Å². The molecule has 1 aliphatic rings. The Balaban J connectivity index is 1.75. The van der Waals surface area contributed by atoms with E-state index in [0.29, 0.717) is 5.92 Å². The van der Waals surface area contributed by atoms with Gasteiger partial charge in [-0.05, 0) is 44.0 Å². The van der Waals surface area contributed by atoms with E-state index < -0.39 is 6.04 Å². The molecule has 0 aliphatic carbocycles. The lowest BCUT2D eigenvalue weighted by molar-refractivity contribution is -0.122. The van der Waals surface area contributed by atoms with Gasteiger partial charge in [0.2, 0.25) is 5.91 Å². The first-order valence-corrected chi connectivity index (χ1v) is 7.51. The average Bonchev–Trinajstić information content (AvgIpc) is 2.53. The van der Waals surface area contributed by atoms with Gasteiger partial charge in [-0.25, -0.2) is 0 Å². The van der Waals surface area contributed by atoms with E-state index >= 15 is 0 Å². The quantitative estimate of drug-likeness (QED) is 0.857. The molecule has 0 bridgehead atoms. The Morgan fingerprint density at radius 2 is 2.00 bits per heavy atom. The number of amides is 1. The van der Waals surface area contributed by atoms with Gasteiger partial charge in [0.25, 0.3) is 0 Å². The van der Waals surface area contributed by atoms with Crippen LogP contribution in [0.25, 0.3) is 0 Å². The molecule has 0 aromatic heterocycles.